The molecule has 0 radical (unpaired) electrons. The van der Waals surface area contributed by atoms with Gasteiger partial charge in [0.25, 0.3) is 0 Å². The van der Waals surface area contributed by atoms with Crippen LogP contribution in [0.4, 0.5) is 0 Å². The van der Waals surface area contributed by atoms with Gasteiger partial charge in [-0.1, -0.05) is 6.42 Å². The van der Waals surface area contributed by atoms with E-state index >= 15 is 0 Å². The fraction of sp³-hybridized carbons (Fsp3) is 1.00. The van der Waals surface area contributed by atoms with E-state index in [0.29, 0.717) is 0 Å². The van der Waals surface area contributed by atoms with E-state index in [9.17, 15) is 0 Å². The number of ether oxygens (including phenoxy) is 1. The van der Waals surface area contributed by atoms with E-state index in [2.05, 4.69) is 9.80 Å². The van der Waals surface area contributed by atoms with Crippen LogP contribution in [0.25, 0.3) is 0 Å². The van der Waals surface area contributed by atoms with E-state index in [-0.39, 0.29) is 5.60 Å². The summed E-state index contributed by atoms with van der Waals surface area (Å²) in [7, 11) is 1.91. The first-order chi connectivity index (χ1) is 8.81. The maximum absolute atomic E-state index is 5.80. The molecule has 1 atom stereocenters. The van der Waals surface area contributed by atoms with Crippen LogP contribution < -0.4 is 0 Å². The third-order valence-corrected chi connectivity index (χ3v) is 5.35. The molecule has 0 amide bonds. The van der Waals surface area contributed by atoms with Gasteiger partial charge in [-0.2, -0.15) is 0 Å². The lowest BCUT2D eigenvalue weighted by Gasteiger charge is -2.44. The summed E-state index contributed by atoms with van der Waals surface area (Å²) in [5.41, 5.74) is 0.212. The first-order valence-electron chi connectivity index (χ1n) is 7.83. The molecule has 0 N–H and O–H groups in total. The van der Waals surface area contributed by atoms with Gasteiger partial charge in [-0.05, 0) is 58.2 Å². The SMILES string of the molecule is COC1(CN2CCCN3CCCCC3C2)CCC1. The van der Waals surface area contributed by atoms with Gasteiger partial charge in [-0.25, -0.2) is 0 Å². The Kier molecular flexibility index (Phi) is 3.92. The Morgan fingerprint density at radius 1 is 1.06 bits per heavy atom. The van der Waals surface area contributed by atoms with Crippen molar-refractivity contribution in [2.24, 2.45) is 0 Å². The summed E-state index contributed by atoms with van der Waals surface area (Å²) in [6.45, 7) is 6.39. The smallest absolute Gasteiger partial charge is 0.0805 e. The standard InChI is InChI=1S/C15H28N2O/c1-18-15(7-4-8-15)13-16-9-5-11-17-10-3-2-6-14(17)12-16/h14H,2-13H2,1H3. The van der Waals surface area contributed by atoms with E-state index < -0.39 is 0 Å². The molecule has 18 heavy (non-hydrogen) atoms. The Morgan fingerprint density at radius 3 is 2.61 bits per heavy atom. The molecular weight excluding hydrogens is 224 g/mol. The Labute approximate surface area is 111 Å². The Morgan fingerprint density at radius 2 is 1.89 bits per heavy atom. The van der Waals surface area contributed by atoms with Crippen LogP contribution in [0.1, 0.15) is 44.9 Å². The highest BCUT2D eigenvalue weighted by Crippen LogP contribution is 2.36. The molecular formula is C15H28N2O. The van der Waals surface area contributed by atoms with Gasteiger partial charge in [-0.15, -0.1) is 0 Å². The van der Waals surface area contributed by atoms with Crippen molar-refractivity contribution in [3.63, 3.8) is 0 Å². The number of piperidine rings is 1. The third kappa shape index (κ3) is 2.59. The van der Waals surface area contributed by atoms with E-state index in [4.69, 9.17) is 4.74 Å². The van der Waals surface area contributed by atoms with Crippen molar-refractivity contribution in [1.29, 1.82) is 0 Å². The Bertz CT molecular complexity index is 272. The number of rotatable bonds is 3. The molecule has 0 aromatic heterocycles. The quantitative estimate of drug-likeness (QED) is 0.765. The van der Waals surface area contributed by atoms with Gasteiger partial charge >= 0.3 is 0 Å². The normalized spacial score (nSPS) is 33.5. The van der Waals surface area contributed by atoms with E-state index in [1.165, 1.54) is 77.7 Å². The molecule has 0 spiro atoms. The highest BCUT2D eigenvalue weighted by molar-refractivity contribution is 4.94. The predicted octanol–water partition coefficient (Wildman–Crippen LogP) is 2.12. The molecule has 2 aliphatic heterocycles. The summed E-state index contributed by atoms with van der Waals surface area (Å²) in [6.07, 6.45) is 9.51. The zero-order valence-corrected chi connectivity index (χ0v) is 11.9. The van der Waals surface area contributed by atoms with E-state index in [0.717, 1.165) is 6.04 Å². The van der Waals surface area contributed by atoms with Crippen LogP contribution >= 0.6 is 0 Å². The maximum Gasteiger partial charge on any atom is 0.0805 e. The van der Waals surface area contributed by atoms with Crippen molar-refractivity contribution < 1.29 is 4.74 Å². The van der Waals surface area contributed by atoms with Gasteiger partial charge in [0.15, 0.2) is 0 Å². The summed E-state index contributed by atoms with van der Waals surface area (Å²) < 4.78 is 5.80. The molecule has 104 valence electrons. The van der Waals surface area contributed by atoms with Gasteiger partial charge in [-0.3, -0.25) is 9.80 Å². The number of hydrogen-bond donors (Lipinski definition) is 0. The predicted molar refractivity (Wildman–Crippen MR) is 73.9 cm³/mol. The van der Waals surface area contributed by atoms with Crippen molar-refractivity contribution in [2.75, 3.05) is 39.8 Å². The summed E-state index contributed by atoms with van der Waals surface area (Å²) >= 11 is 0. The fourth-order valence-electron chi connectivity index (χ4n) is 4.00. The van der Waals surface area contributed by atoms with Crippen molar-refractivity contribution >= 4 is 0 Å². The summed E-state index contributed by atoms with van der Waals surface area (Å²) in [5, 5.41) is 0. The molecule has 1 unspecified atom stereocenters. The minimum absolute atomic E-state index is 0.212. The molecule has 2 heterocycles. The van der Waals surface area contributed by atoms with Crippen LogP contribution in [0.15, 0.2) is 0 Å². The molecule has 2 saturated heterocycles. The zero-order chi connectivity index (χ0) is 12.4. The number of nitrogens with zero attached hydrogens (tertiary/aromatic N) is 2. The minimum atomic E-state index is 0.212. The molecule has 0 aromatic rings. The summed E-state index contributed by atoms with van der Waals surface area (Å²) in [5.74, 6) is 0. The Balaban J connectivity index is 1.59. The molecule has 1 aliphatic carbocycles. The average molecular weight is 252 g/mol. The van der Waals surface area contributed by atoms with Crippen molar-refractivity contribution in [3.8, 4) is 0 Å². The van der Waals surface area contributed by atoms with Crippen molar-refractivity contribution in [3.05, 3.63) is 0 Å². The highest BCUT2D eigenvalue weighted by atomic mass is 16.5. The summed E-state index contributed by atoms with van der Waals surface area (Å²) in [4.78, 5) is 5.43. The molecule has 0 bridgehead atoms. The lowest BCUT2D eigenvalue weighted by molar-refractivity contribution is -0.0923. The van der Waals surface area contributed by atoms with Crippen molar-refractivity contribution in [1.82, 2.24) is 9.80 Å². The molecule has 3 rings (SSSR count). The van der Waals surface area contributed by atoms with Gasteiger partial charge < -0.3 is 4.74 Å². The summed E-state index contributed by atoms with van der Waals surface area (Å²) in [6, 6.07) is 0.829. The van der Waals surface area contributed by atoms with Crippen LogP contribution in [-0.2, 0) is 4.74 Å². The topological polar surface area (TPSA) is 15.7 Å². The van der Waals surface area contributed by atoms with Crippen LogP contribution in [0.5, 0.6) is 0 Å². The van der Waals surface area contributed by atoms with Gasteiger partial charge in [0.05, 0.1) is 5.60 Å². The third-order valence-electron chi connectivity index (χ3n) is 5.35. The molecule has 3 fully saturated rings. The average Bonchev–Trinajstić information content (AvgIpc) is 2.55. The first kappa shape index (κ1) is 12.9. The van der Waals surface area contributed by atoms with E-state index in [1.54, 1.807) is 0 Å². The van der Waals surface area contributed by atoms with Gasteiger partial charge in [0.2, 0.25) is 0 Å². The second-order valence-electron chi connectivity index (χ2n) is 6.51. The molecule has 3 nitrogen and oxygen atoms in total. The Hall–Kier alpha value is -0.120. The number of hydrogen-bond acceptors (Lipinski definition) is 3. The van der Waals surface area contributed by atoms with Gasteiger partial charge in [0.1, 0.15) is 0 Å². The lowest BCUT2D eigenvalue weighted by atomic mass is 9.79. The second kappa shape index (κ2) is 5.48. The number of methoxy groups -OCH3 is 1. The van der Waals surface area contributed by atoms with Gasteiger partial charge in [0, 0.05) is 26.2 Å². The van der Waals surface area contributed by atoms with Crippen LogP contribution in [-0.4, -0.2) is 61.3 Å². The van der Waals surface area contributed by atoms with Crippen LogP contribution in [0, 0.1) is 0 Å². The molecule has 3 aliphatic rings. The lowest BCUT2D eigenvalue weighted by Crippen LogP contribution is -2.52. The zero-order valence-electron chi connectivity index (χ0n) is 11.9. The highest BCUT2D eigenvalue weighted by Gasteiger charge is 2.39. The maximum atomic E-state index is 5.80. The van der Waals surface area contributed by atoms with Crippen molar-refractivity contribution in [2.45, 2.75) is 56.6 Å². The number of fused-ring (bicyclic) bond motifs is 1. The van der Waals surface area contributed by atoms with Crippen LogP contribution in [0.3, 0.4) is 0 Å². The fourth-order valence-corrected chi connectivity index (χ4v) is 4.00. The largest absolute Gasteiger partial charge is 0.377 e. The van der Waals surface area contributed by atoms with Crippen LogP contribution in [0.2, 0.25) is 0 Å². The minimum Gasteiger partial charge on any atom is -0.377 e. The molecule has 0 aromatic carbocycles. The van der Waals surface area contributed by atoms with E-state index in [1.807, 2.05) is 7.11 Å². The second-order valence-corrected chi connectivity index (χ2v) is 6.51. The molecule has 1 saturated carbocycles. The molecule has 3 heteroatoms. The first-order valence-corrected chi connectivity index (χ1v) is 7.83. The monoisotopic (exact) mass is 252 g/mol.